The van der Waals surface area contributed by atoms with Gasteiger partial charge >= 0.3 is 0 Å². The summed E-state index contributed by atoms with van der Waals surface area (Å²) in [6.45, 7) is 7.14. The summed E-state index contributed by atoms with van der Waals surface area (Å²) in [6.07, 6.45) is 2.38. The molecule has 0 saturated carbocycles. The van der Waals surface area contributed by atoms with Gasteiger partial charge in [-0.15, -0.1) is 11.3 Å². The second-order valence-electron chi connectivity index (χ2n) is 6.67. The first-order valence-corrected chi connectivity index (χ1v) is 9.52. The molecule has 8 heteroatoms. The van der Waals surface area contributed by atoms with Gasteiger partial charge in [0.2, 0.25) is 0 Å². The third-order valence-electron chi connectivity index (χ3n) is 4.62. The van der Waals surface area contributed by atoms with E-state index in [9.17, 15) is 4.39 Å². The molecule has 0 radical (unpaired) electrons. The molecule has 0 bridgehead atoms. The molecule has 0 spiro atoms. The maximum absolute atomic E-state index is 14.0. The molecule has 0 saturated heterocycles. The summed E-state index contributed by atoms with van der Waals surface area (Å²) in [7, 11) is 0. The van der Waals surface area contributed by atoms with Gasteiger partial charge in [0.1, 0.15) is 17.2 Å². The van der Waals surface area contributed by atoms with Crippen LogP contribution in [-0.2, 0) is 19.5 Å². The van der Waals surface area contributed by atoms with Crippen LogP contribution >= 0.6 is 11.3 Å². The molecule has 6 nitrogen and oxygen atoms in total. The van der Waals surface area contributed by atoms with Crippen LogP contribution in [-0.4, -0.2) is 37.7 Å². The summed E-state index contributed by atoms with van der Waals surface area (Å²) in [6, 6.07) is 5.46. The number of nitrogens with zero attached hydrogens (tertiary/aromatic N) is 4. The highest BCUT2D eigenvalue weighted by atomic mass is 32.1. The summed E-state index contributed by atoms with van der Waals surface area (Å²) < 4.78 is 14.0. The number of rotatable bonds is 5. The lowest BCUT2D eigenvalue weighted by Crippen LogP contribution is -2.35. The van der Waals surface area contributed by atoms with Crippen molar-refractivity contribution in [2.45, 2.75) is 39.4 Å². The van der Waals surface area contributed by atoms with Crippen LogP contribution in [0.15, 0.2) is 24.5 Å². The fourth-order valence-corrected chi connectivity index (χ4v) is 4.20. The fraction of sp³-hybridized carbons (Fsp3) is 0.389. The van der Waals surface area contributed by atoms with E-state index in [1.165, 1.54) is 23.0 Å². The monoisotopic (exact) mass is 372 g/mol. The van der Waals surface area contributed by atoms with Crippen LogP contribution in [0.3, 0.4) is 0 Å². The Morgan fingerprint density at radius 3 is 3.04 bits per heavy atom. The number of aromatic nitrogens is 4. The van der Waals surface area contributed by atoms with Crippen LogP contribution in [0.4, 0.5) is 10.1 Å². The number of hydrogen-bond acceptors (Lipinski definition) is 6. The van der Waals surface area contributed by atoms with Crippen LogP contribution in [0.25, 0.3) is 11.4 Å². The fourth-order valence-electron chi connectivity index (χ4n) is 3.11. The zero-order valence-corrected chi connectivity index (χ0v) is 15.6. The number of thiazole rings is 1. The lowest BCUT2D eigenvalue weighted by Gasteiger charge is -2.29. The quantitative estimate of drug-likeness (QED) is 0.718. The third kappa shape index (κ3) is 3.47. The van der Waals surface area contributed by atoms with Crippen molar-refractivity contribution in [3.8, 4) is 11.4 Å². The maximum atomic E-state index is 14.0. The predicted molar refractivity (Wildman–Crippen MR) is 100 cm³/mol. The summed E-state index contributed by atoms with van der Waals surface area (Å²) >= 11 is 1.76. The molecule has 0 atom stereocenters. The standard InChI is InChI=1S/C18H21FN6S/c1-11(2)25-6-5-15-16(9-25)26-17(23-15)8-20-12-3-4-14(19)13(7-12)18-21-10-22-24-18/h3-4,7,10-11,20H,5-6,8-9H2,1-2H3,(H,21,22,24). The minimum absolute atomic E-state index is 0.328. The first kappa shape index (κ1) is 17.1. The lowest BCUT2D eigenvalue weighted by atomic mass is 10.1. The van der Waals surface area contributed by atoms with E-state index in [1.54, 1.807) is 23.5 Å². The Morgan fingerprint density at radius 1 is 1.38 bits per heavy atom. The van der Waals surface area contributed by atoms with Crippen molar-refractivity contribution in [3.05, 3.63) is 45.9 Å². The van der Waals surface area contributed by atoms with Gasteiger partial charge in [-0.2, -0.15) is 5.10 Å². The molecular weight excluding hydrogens is 351 g/mol. The van der Waals surface area contributed by atoms with Crippen molar-refractivity contribution in [2.24, 2.45) is 0 Å². The van der Waals surface area contributed by atoms with E-state index < -0.39 is 0 Å². The maximum Gasteiger partial charge on any atom is 0.158 e. The molecule has 1 aromatic carbocycles. The van der Waals surface area contributed by atoms with E-state index in [0.717, 1.165) is 30.2 Å². The largest absolute Gasteiger partial charge is 0.379 e. The van der Waals surface area contributed by atoms with Gasteiger partial charge in [0, 0.05) is 36.1 Å². The van der Waals surface area contributed by atoms with Crippen LogP contribution < -0.4 is 5.32 Å². The van der Waals surface area contributed by atoms with Gasteiger partial charge in [-0.1, -0.05) is 0 Å². The van der Waals surface area contributed by atoms with E-state index in [0.29, 0.717) is 24.0 Å². The Hall–Kier alpha value is -2.32. The molecule has 136 valence electrons. The molecule has 3 heterocycles. The predicted octanol–water partition coefficient (Wildman–Crippen LogP) is 3.45. The van der Waals surface area contributed by atoms with Gasteiger partial charge in [0.15, 0.2) is 5.82 Å². The molecule has 2 aromatic heterocycles. The van der Waals surface area contributed by atoms with E-state index >= 15 is 0 Å². The summed E-state index contributed by atoms with van der Waals surface area (Å²) in [4.78, 5) is 12.6. The smallest absolute Gasteiger partial charge is 0.158 e. The van der Waals surface area contributed by atoms with Crippen LogP contribution in [0.5, 0.6) is 0 Å². The average molecular weight is 372 g/mol. The molecule has 0 amide bonds. The van der Waals surface area contributed by atoms with Gasteiger partial charge in [0.25, 0.3) is 0 Å². The Morgan fingerprint density at radius 2 is 2.27 bits per heavy atom. The van der Waals surface area contributed by atoms with Crippen molar-refractivity contribution in [2.75, 3.05) is 11.9 Å². The molecule has 1 aliphatic rings. The number of anilines is 1. The average Bonchev–Trinajstić information content (AvgIpc) is 3.29. The van der Waals surface area contributed by atoms with Gasteiger partial charge in [0.05, 0.1) is 17.8 Å². The van der Waals surface area contributed by atoms with E-state index in [4.69, 9.17) is 4.98 Å². The number of benzene rings is 1. The van der Waals surface area contributed by atoms with Crippen molar-refractivity contribution in [3.63, 3.8) is 0 Å². The Balaban J connectivity index is 1.46. The molecule has 26 heavy (non-hydrogen) atoms. The molecule has 0 unspecified atom stereocenters. The zero-order valence-electron chi connectivity index (χ0n) is 14.8. The summed E-state index contributed by atoms with van der Waals surface area (Å²) in [5.41, 5.74) is 2.46. The second kappa shape index (κ2) is 7.13. The molecule has 1 aliphatic heterocycles. The van der Waals surface area contributed by atoms with E-state index in [2.05, 4.69) is 39.2 Å². The number of H-pyrrole nitrogens is 1. The molecular formula is C18H21FN6S. The summed E-state index contributed by atoms with van der Waals surface area (Å²) in [5, 5.41) is 10.9. The zero-order chi connectivity index (χ0) is 18.1. The highest BCUT2D eigenvalue weighted by Crippen LogP contribution is 2.27. The van der Waals surface area contributed by atoms with Crippen molar-refractivity contribution in [1.82, 2.24) is 25.1 Å². The minimum atomic E-state index is -0.328. The molecule has 4 rings (SSSR count). The van der Waals surface area contributed by atoms with Crippen molar-refractivity contribution in [1.29, 1.82) is 0 Å². The van der Waals surface area contributed by atoms with Crippen LogP contribution in [0.2, 0.25) is 0 Å². The highest BCUT2D eigenvalue weighted by Gasteiger charge is 2.22. The van der Waals surface area contributed by atoms with Crippen LogP contribution in [0, 0.1) is 5.82 Å². The number of aromatic amines is 1. The third-order valence-corrected chi connectivity index (χ3v) is 5.70. The second-order valence-corrected chi connectivity index (χ2v) is 7.84. The Bertz CT molecular complexity index is 889. The molecule has 2 N–H and O–H groups in total. The lowest BCUT2D eigenvalue weighted by molar-refractivity contribution is 0.205. The molecule has 0 aliphatic carbocycles. The highest BCUT2D eigenvalue weighted by molar-refractivity contribution is 7.11. The van der Waals surface area contributed by atoms with E-state index in [1.807, 2.05) is 0 Å². The topological polar surface area (TPSA) is 69.7 Å². The van der Waals surface area contributed by atoms with Gasteiger partial charge in [-0.3, -0.25) is 10.00 Å². The van der Waals surface area contributed by atoms with Crippen molar-refractivity contribution < 1.29 is 4.39 Å². The molecule has 0 fully saturated rings. The SMILES string of the molecule is CC(C)N1CCc2nc(CNc3ccc(F)c(-c4ncn[nH]4)c3)sc2C1. The van der Waals surface area contributed by atoms with Crippen molar-refractivity contribution >= 4 is 17.0 Å². The number of hydrogen-bond donors (Lipinski definition) is 2. The van der Waals surface area contributed by atoms with Gasteiger partial charge in [-0.05, 0) is 32.0 Å². The number of nitrogens with one attached hydrogen (secondary N) is 2. The number of fused-ring (bicyclic) bond motifs is 1. The Labute approximate surface area is 155 Å². The van der Waals surface area contributed by atoms with E-state index in [-0.39, 0.29) is 5.82 Å². The normalized spacial score (nSPS) is 14.6. The first-order valence-electron chi connectivity index (χ1n) is 8.71. The molecule has 3 aromatic rings. The number of halogens is 1. The van der Waals surface area contributed by atoms with Crippen LogP contribution in [0.1, 0.15) is 29.4 Å². The Kier molecular flexibility index (Phi) is 4.69. The summed E-state index contributed by atoms with van der Waals surface area (Å²) in [5.74, 6) is 0.0930. The van der Waals surface area contributed by atoms with Gasteiger partial charge in [-0.25, -0.2) is 14.4 Å². The van der Waals surface area contributed by atoms with Gasteiger partial charge < -0.3 is 5.32 Å². The first-order chi connectivity index (χ1) is 12.6. The minimum Gasteiger partial charge on any atom is -0.379 e.